The Labute approximate surface area is 174 Å². The number of thiophene rings is 1. The number of benzene rings is 1. The van der Waals surface area contributed by atoms with Crippen LogP contribution < -0.4 is 5.32 Å². The third-order valence-electron chi connectivity index (χ3n) is 5.92. The summed E-state index contributed by atoms with van der Waals surface area (Å²) < 4.78 is 27.7. The van der Waals surface area contributed by atoms with Crippen LogP contribution in [0.25, 0.3) is 0 Å². The van der Waals surface area contributed by atoms with Gasteiger partial charge in [0.05, 0.1) is 4.34 Å². The molecule has 1 spiro atoms. The highest BCUT2D eigenvalue weighted by Gasteiger charge is 2.59. The van der Waals surface area contributed by atoms with Gasteiger partial charge in [0.25, 0.3) is 10.0 Å². The minimum absolute atomic E-state index is 0.0179. The Morgan fingerprint density at radius 2 is 1.89 bits per heavy atom. The average Bonchev–Trinajstić information content (AvgIpc) is 3.19. The van der Waals surface area contributed by atoms with Gasteiger partial charge in [-0.15, -0.1) is 11.3 Å². The van der Waals surface area contributed by atoms with Crippen molar-refractivity contribution in [1.29, 1.82) is 0 Å². The van der Waals surface area contributed by atoms with Gasteiger partial charge in [-0.3, -0.25) is 4.79 Å². The maximum Gasteiger partial charge on any atom is 0.252 e. The van der Waals surface area contributed by atoms with E-state index in [1.807, 2.05) is 18.2 Å². The standard InChI is InChI=1S/C20H23ClN2O3S2/c21-17-6-7-18(27-17)28(25,26)23-12-9-20(10-13-23)14-16(20)19(24)22-11-8-15-4-2-1-3-5-15/h1-7,16H,8-14H2,(H,22,24). The van der Waals surface area contributed by atoms with E-state index < -0.39 is 10.0 Å². The third kappa shape index (κ3) is 3.99. The fourth-order valence-corrected chi connectivity index (χ4v) is 7.18. The van der Waals surface area contributed by atoms with E-state index >= 15 is 0 Å². The van der Waals surface area contributed by atoms with E-state index in [2.05, 4.69) is 17.4 Å². The van der Waals surface area contributed by atoms with Gasteiger partial charge in [-0.25, -0.2) is 8.42 Å². The molecule has 150 valence electrons. The molecular weight excluding hydrogens is 416 g/mol. The zero-order chi connectivity index (χ0) is 19.8. The molecule has 5 nitrogen and oxygen atoms in total. The smallest absolute Gasteiger partial charge is 0.252 e. The van der Waals surface area contributed by atoms with Gasteiger partial charge in [0, 0.05) is 25.6 Å². The molecule has 1 atom stereocenters. The molecule has 2 fully saturated rings. The van der Waals surface area contributed by atoms with Crippen LogP contribution in [-0.4, -0.2) is 38.3 Å². The Hall–Kier alpha value is -1.41. The zero-order valence-corrected chi connectivity index (χ0v) is 17.8. The first-order chi connectivity index (χ1) is 13.4. The van der Waals surface area contributed by atoms with Crippen LogP contribution in [0, 0.1) is 11.3 Å². The van der Waals surface area contributed by atoms with Gasteiger partial charge in [0.1, 0.15) is 4.21 Å². The highest BCUT2D eigenvalue weighted by molar-refractivity contribution is 7.91. The number of rotatable bonds is 6. The molecule has 1 aromatic carbocycles. The van der Waals surface area contributed by atoms with Crippen molar-refractivity contribution in [3.8, 4) is 0 Å². The Balaban J connectivity index is 1.28. The molecule has 0 bridgehead atoms. The van der Waals surface area contributed by atoms with E-state index in [-0.39, 0.29) is 17.2 Å². The highest BCUT2D eigenvalue weighted by Crippen LogP contribution is 2.59. The monoisotopic (exact) mass is 438 g/mol. The molecule has 1 saturated heterocycles. The lowest BCUT2D eigenvalue weighted by molar-refractivity contribution is -0.123. The van der Waals surface area contributed by atoms with Crippen molar-refractivity contribution in [3.05, 3.63) is 52.4 Å². The minimum Gasteiger partial charge on any atom is -0.356 e. The number of halogens is 1. The molecule has 1 aromatic heterocycles. The van der Waals surface area contributed by atoms with Gasteiger partial charge >= 0.3 is 0 Å². The lowest BCUT2D eigenvalue weighted by Gasteiger charge is -2.31. The second kappa shape index (κ2) is 7.78. The molecular formula is C20H23ClN2O3S2. The van der Waals surface area contributed by atoms with E-state index in [0.717, 1.165) is 37.0 Å². The van der Waals surface area contributed by atoms with Crippen LogP contribution in [0.3, 0.4) is 0 Å². The Morgan fingerprint density at radius 1 is 1.18 bits per heavy atom. The number of carbonyl (C=O) groups excluding carboxylic acids is 1. The second-order valence-electron chi connectivity index (χ2n) is 7.61. The molecule has 1 N–H and O–H groups in total. The van der Waals surface area contributed by atoms with Crippen molar-refractivity contribution in [1.82, 2.24) is 9.62 Å². The first-order valence-electron chi connectivity index (χ1n) is 9.48. The second-order valence-corrected chi connectivity index (χ2v) is 11.5. The average molecular weight is 439 g/mol. The summed E-state index contributed by atoms with van der Waals surface area (Å²) in [5.74, 6) is 0.126. The lowest BCUT2D eigenvalue weighted by Crippen LogP contribution is -2.40. The van der Waals surface area contributed by atoms with E-state index in [4.69, 9.17) is 11.6 Å². The van der Waals surface area contributed by atoms with Gasteiger partial charge in [0.2, 0.25) is 5.91 Å². The number of nitrogens with one attached hydrogen (secondary N) is 1. The fourth-order valence-electron chi connectivity index (χ4n) is 4.10. The Kier molecular flexibility index (Phi) is 5.53. The Morgan fingerprint density at radius 3 is 2.54 bits per heavy atom. The van der Waals surface area contributed by atoms with Crippen LogP contribution in [0.5, 0.6) is 0 Å². The first-order valence-corrected chi connectivity index (χ1v) is 12.1. The summed E-state index contributed by atoms with van der Waals surface area (Å²) in [6, 6.07) is 13.3. The number of hydrogen-bond acceptors (Lipinski definition) is 4. The number of piperidine rings is 1. The largest absolute Gasteiger partial charge is 0.356 e. The summed E-state index contributed by atoms with van der Waals surface area (Å²) in [7, 11) is -3.48. The van der Waals surface area contributed by atoms with E-state index in [0.29, 0.717) is 28.2 Å². The molecule has 28 heavy (non-hydrogen) atoms. The molecule has 2 heterocycles. The number of nitrogens with zero attached hydrogens (tertiary/aromatic N) is 1. The molecule has 2 aliphatic rings. The topological polar surface area (TPSA) is 66.5 Å². The maximum absolute atomic E-state index is 12.7. The molecule has 4 rings (SSSR count). The highest BCUT2D eigenvalue weighted by atomic mass is 35.5. The summed E-state index contributed by atoms with van der Waals surface area (Å²) in [6.07, 6.45) is 3.16. The molecule has 1 amide bonds. The predicted octanol–water partition coefficient (Wildman–Crippen LogP) is 3.55. The van der Waals surface area contributed by atoms with E-state index in [1.54, 1.807) is 12.1 Å². The molecule has 2 aromatic rings. The number of amides is 1. The van der Waals surface area contributed by atoms with Gasteiger partial charge < -0.3 is 5.32 Å². The molecule has 8 heteroatoms. The van der Waals surface area contributed by atoms with Gasteiger partial charge in [0.15, 0.2) is 0 Å². The van der Waals surface area contributed by atoms with Crippen LogP contribution in [0.4, 0.5) is 0 Å². The maximum atomic E-state index is 12.7. The lowest BCUT2D eigenvalue weighted by atomic mass is 9.91. The number of sulfonamides is 1. The molecule has 1 aliphatic heterocycles. The third-order valence-corrected chi connectivity index (χ3v) is 9.52. The summed E-state index contributed by atoms with van der Waals surface area (Å²) in [4.78, 5) is 12.5. The molecule has 1 saturated carbocycles. The van der Waals surface area contributed by atoms with Gasteiger partial charge in [-0.05, 0) is 48.8 Å². The summed E-state index contributed by atoms with van der Waals surface area (Å²) in [5.41, 5.74) is 1.19. The van der Waals surface area contributed by atoms with Crippen LogP contribution >= 0.6 is 22.9 Å². The predicted molar refractivity (Wildman–Crippen MR) is 111 cm³/mol. The first kappa shape index (κ1) is 19.9. The van der Waals surface area contributed by atoms with Crippen LogP contribution in [0.15, 0.2) is 46.7 Å². The van der Waals surface area contributed by atoms with Crippen molar-refractivity contribution in [3.63, 3.8) is 0 Å². The normalized spacial score (nSPS) is 21.5. The SMILES string of the molecule is O=C(NCCc1ccccc1)C1CC12CCN(S(=O)(=O)c1ccc(Cl)s1)CC2. The van der Waals surface area contributed by atoms with Crippen LogP contribution in [0.2, 0.25) is 4.34 Å². The number of carbonyl (C=O) groups is 1. The minimum atomic E-state index is -3.48. The van der Waals surface area contributed by atoms with Crippen molar-refractivity contribution in [2.45, 2.75) is 29.9 Å². The van der Waals surface area contributed by atoms with E-state index in [1.165, 1.54) is 9.87 Å². The van der Waals surface area contributed by atoms with E-state index in [9.17, 15) is 13.2 Å². The van der Waals surface area contributed by atoms with Crippen molar-refractivity contribution in [2.24, 2.45) is 11.3 Å². The molecule has 1 aliphatic carbocycles. The van der Waals surface area contributed by atoms with Crippen molar-refractivity contribution < 1.29 is 13.2 Å². The zero-order valence-electron chi connectivity index (χ0n) is 15.4. The Bertz CT molecular complexity index is 951. The molecule has 1 unspecified atom stereocenters. The number of hydrogen-bond donors (Lipinski definition) is 1. The van der Waals surface area contributed by atoms with Crippen LogP contribution in [0.1, 0.15) is 24.8 Å². The van der Waals surface area contributed by atoms with Crippen LogP contribution in [-0.2, 0) is 21.2 Å². The summed E-state index contributed by atoms with van der Waals surface area (Å²) in [6.45, 7) is 1.56. The molecule has 0 radical (unpaired) electrons. The summed E-state index contributed by atoms with van der Waals surface area (Å²) >= 11 is 6.97. The van der Waals surface area contributed by atoms with Gasteiger partial charge in [-0.1, -0.05) is 41.9 Å². The quantitative estimate of drug-likeness (QED) is 0.749. The summed E-state index contributed by atoms with van der Waals surface area (Å²) in [5, 5.41) is 3.05. The van der Waals surface area contributed by atoms with Gasteiger partial charge in [-0.2, -0.15) is 4.31 Å². The van der Waals surface area contributed by atoms with Crippen molar-refractivity contribution in [2.75, 3.05) is 19.6 Å². The fraction of sp³-hybridized carbons (Fsp3) is 0.450. The van der Waals surface area contributed by atoms with Crippen molar-refractivity contribution >= 4 is 38.9 Å².